The Morgan fingerprint density at radius 1 is 1.18 bits per heavy atom. The molecule has 0 atom stereocenters. The number of phenols is 1. The lowest BCUT2D eigenvalue weighted by molar-refractivity contribution is 0.431. The first-order valence-electron chi connectivity index (χ1n) is 4.84. The van der Waals surface area contributed by atoms with E-state index in [4.69, 9.17) is 4.52 Å². The second kappa shape index (κ2) is 3.99. The molecule has 3 aromatic rings. The lowest BCUT2D eigenvalue weighted by Crippen LogP contribution is -1.80. The molecule has 0 aliphatic heterocycles. The Balaban J connectivity index is 1.98. The van der Waals surface area contributed by atoms with Gasteiger partial charge in [0.1, 0.15) is 11.4 Å². The Kier molecular flexibility index (Phi) is 2.34. The monoisotopic (exact) mass is 245 g/mol. The molecule has 0 spiro atoms. The highest BCUT2D eigenvalue weighted by atomic mass is 32.1. The molecule has 0 fully saturated rings. The van der Waals surface area contributed by atoms with E-state index in [2.05, 4.69) is 15.1 Å². The van der Waals surface area contributed by atoms with Crippen LogP contribution in [-0.4, -0.2) is 20.2 Å². The maximum absolute atomic E-state index is 9.19. The van der Waals surface area contributed by atoms with Crippen LogP contribution in [0.25, 0.3) is 23.0 Å². The summed E-state index contributed by atoms with van der Waals surface area (Å²) in [5.41, 5.74) is 3.17. The zero-order valence-corrected chi connectivity index (χ0v) is 9.39. The van der Waals surface area contributed by atoms with Gasteiger partial charge >= 0.3 is 0 Å². The molecule has 0 amide bonds. The quantitative estimate of drug-likeness (QED) is 0.751. The zero-order chi connectivity index (χ0) is 11.7. The number of nitrogens with zero attached hydrogens (tertiary/aromatic N) is 3. The molecule has 3 rings (SSSR count). The molecule has 2 aromatic heterocycles. The van der Waals surface area contributed by atoms with Crippen molar-refractivity contribution in [2.45, 2.75) is 0 Å². The summed E-state index contributed by atoms with van der Waals surface area (Å²) in [4.78, 5) is 8.33. The van der Waals surface area contributed by atoms with Crippen LogP contribution in [0.3, 0.4) is 0 Å². The maximum atomic E-state index is 9.19. The SMILES string of the molecule is Oc1ccc(-c2noc(-c3cscn3)n2)cc1. The molecule has 2 heterocycles. The van der Waals surface area contributed by atoms with Gasteiger partial charge in [-0.05, 0) is 24.3 Å². The van der Waals surface area contributed by atoms with Crippen LogP contribution >= 0.6 is 11.3 Å². The Morgan fingerprint density at radius 3 is 2.71 bits per heavy atom. The number of aromatic nitrogens is 3. The minimum absolute atomic E-state index is 0.206. The van der Waals surface area contributed by atoms with Gasteiger partial charge < -0.3 is 9.63 Å². The van der Waals surface area contributed by atoms with Crippen molar-refractivity contribution >= 4 is 11.3 Å². The van der Waals surface area contributed by atoms with Gasteiger partial charge in [0.15, 0.2) is 0 Å². The number of rotatable bonds is 2. The summed E-state index contributed by atoms with van der Waals surface area (Å²) in [6.45, 7) is 0. The van der Waals surface area contributed by atoms with Crippen molar-refractivity contribution in [1.82, 2.24) is 15.1 Å². The number of aromatic hydroxyl groups is 1. The Labute approximate surface area is 100 Å². The first-order valence-corrected chi connectivity index (χ1v) is 5.79. The molecule has 0 saturated carbocycles. The van der Waals surface area contributed by atoms with Gasteiger partial charge in [-0.1, -0.05) is 5.16 Å². The van der Waals surface area contributed by atoms with E-state index in [-0.39, 0.29) is 5.75 Å². The molecule has 6 heteroatoms. The molecule has 0 aliphatic carbocycles. The fraction of sp³-hybridized carbons (Fsp3) is 0. The highest BCUT2D eigenvalue weighted by Crippen LogP contribution is 2.23. The Morgan fingerprint density at radius 2 is 2.00 bits per heavy atom. The lowest BCUT2D eigenvalue weighted by Gasteiger charge is -1.93. The van der Waals surface area contributed by atoms with Crippen molar-refractivity contribution in [1.29, 1.82) is 0 Å². The standard InChI is InChI=1S/C11H7N3O2S/c15-8-3-1-7(2-4-8)10-13-11(16-14-10)9-5-17-6-12-9/h1-6,15H. The number of phenolic OH excluding ortho intramolecular Hbond substituents is 1. The Hall–Kier alpha value is -2.21. The van der Waals surface area contributed by atoms with Crippen LogP contribution in [0, 0.1) is 0 Å². The van der Waals surface area contributed by atoms with Gasteiger partial charge in [0, 0.05) is 10.9 Å². The van der Waals surface area contributed by atoms with E-state index in [1.807, 2.05) is 5.38 Å². The largest absolute Gasteiger partial charge is 0.508 e. The molecular weight excluding hydrogens is 238 g/mol. The molecule has 0 aliphatic rings. The molecule has 84 valence electrons. The first kappa shape index (κ1) is 9.98. The lowest BCUT2D eigenvalue weighted by atomic mass is 10.2. The van der Waals surface area contributed by atoms with Crippen molar-refractivity contribution in [3.05, 3.63) is 35.2 Å². The first-order chi connectivity index (χ1) is 8.33. The molecule has 0 unspecified atom stereocenters. The van der Waals surface area contributed by atoms with Crippen LogP contribution in [0.2, 0.25) is 0 Å². The van der Waals surface area contributed by atoms with Gasteiger partial charge in [-0.15, -0.1) is 11.3 Å². The average Bonchev–Trinajstić information content (AvgIpc) is 3.00. The highest BCUT2D eigenvalue weighted by molar-refractivity contribution is 7.07. The van der Waals surface area contributed by atoms with Gasteiger partial charge in [0.25, 0.3) is 5.89 Å². The summed E-state index contributed by atoms with van der Waals surface area (Å²) < 4.78 is 5.11. The normalized spacial score (nSPS) is 10.6. The second-order valence-electron chi connectivity index (χ2n) is 3.34. The van der Waals surface area contributed by atoms with Crippen LogP contribution in [0.15, 0.2) is 39.7 Å². The smallest absolute Gasteiger partial charge is 0.277 e. The van der Waals surface area contributed by atoms with Gasteiger partial charge in [-0.2, -0.15) is 4.98 Å². The third-order valence-corrected chi connectivity index (χ3v) is 2.79. The van der Waals surface area contributed by atoms with E-state index in [1.54, 1.807) is 29.8 Å². The van der Waals surface area contributed by atoms with Crippen molar-refractivity contribution in [2.24, 2.45) is 0 Å². The summed E-state index contributed by atoms with van der Waals surface area (Å²) >= 11 is 1.47. The molecular formula is C11H7N3O2S. The topological polar surface area (TPSA) is 72.0 Å². The number of hydrogen-bond donors (Lipinski definition) is 1. The van der Waals surface area contributed by atoms with Gasteiger partial charge in [0.2, 0.25) is 5.82 Å². The second-order valence-corrected chi connectivity index (χ2v) is 4.06. The van der Waals surface area contributed by atoms with Crippen molar-refractivity contribution in [3.63, 3.8) is 0 Å². The van der Waals surface area contributed by atoms with E-state index < -0.39 is 0 Å². The van der Waals surface area contributed by atoms with Crippen LogP contribution in [-0.2, 0) is 0 Å². The van der Waals surface area contributed by atoms with E-state index >= 15 is 0 Å². The summed E-state index contributed by atoms with van der Waals surface area (Å²) in [6, 6.07) is 6.61. The molecule has 0 saturated heterocycles. The average molecular weight is 245 g/mol. The molecule has 1 aromatic carbocycles. The fourth-order valence-electron chi connectivity index (χ4n) is 1.37. The van der Waals surface area contributed by atoms with E-state index in [1.165, 1.54) is 11.3 Å². The molecule has 0 radical (unpaired) electrons. The van der Waals surface area contributed by atoms with Crippen LogP contribution < -0.4 is 0 Å². The van der Waals surface area contributed by atoms with Crippen LogP contribution in [0.1, 0.15) is 0 Å². The van der Waals surface area contributed by atoms with Crippen molar-refractivity contribution in [2.75, 3.05) is 0 Å². The minimum atomic E-state index is 0.206. The van der Waals surface area contributed by atoms with Crippen molar-refractivity contribution in [3.8, 4) is 28.7 Å². The predicted molar refractivity (Wildman–Crippen MR) is 62.5 cm³/mol. The van der Waals surface area contributed by atoms with Gasteiger partial charge in [0.05, 0.1) is 5.51 Å². The van der Waals surface area contributed by atoms with Crippen LogP contribution in [0.5, 0.6) is 5.75 Å². The summed E-state index contributed by atoms with van der Waals surface area (Å²) in [5.74, 6) is 1.08. The molecule has 5 nitrogen and oxygen atoms in total. The van der Waals surface area contributed by atoms with Crippen molar-refractivity contribution < 1.29 is 9.63 Å². The third-order valence-electron chi connectivity index (χ3n) is 2.20. The predicted octanol–water partition coefficient (Wildman–Crippen LogP) is 2.57. The summed E-state index contributed by atoms with van der Waals surface area (Å²) in [7, 11) is 0. The highest BCUT2D eigenvalue weighted by Gasteiger charge is 2.11. The molecule has 17 heavy (non-hydrogen) atoms. The summed E-state index contributed by atoms with van der Waals surface area (Å²) in [5, 5.41) is 14.9. The van der Waals surface area contributed by atoms with E-state index in [9.17, 15) is 5.11 Å². The number of thiazole rings is 1. The molecule has 0 bridgehead atoms. The van der Waals surface area contributed by atoms with Crippen LogP contribution in [0.4, 0.5) is 0 Å². The Bertz CT molecular complexity index is 616. The number of hydrogen-bond acceptors (Lipinski definition) is 6. The fourth-order valence-corrected chi connectivity index (χ4v) is 1.90. The minimum Gasteiger partial charge on any atom is -0.508 e. The van der Waals surface area contributed by atoms with Gasteiger partial charge in [-0.25, -0.2) is 4.98 Å². The number of benzene rings is 1. The van der Waals surface area contributed by atoms with Gasteiger partial charge in [-0.3, -0.25) is 0 Å². The summed E-state index contributed by atoms with van der Waals surface area (Å²) in [6.07, 6.45) is 0. The van der Waals surface area contributed by atoms with E-state index in [0.29, 0.717) is 17.4 Å². The molecule has 1 N–H and O–H groups in total. The maximum Gasteiger partial charge on any atom is 0.277 e. The third kappa shape index (κ3) is 1.90. The van der Waals surface area contributed by atoms with E-state index in [0.717, 1.165) is 5.56 Å². The zero-order valence-electron chi connectivity index (χ0n) is 8.57.